The highest BCUT2D eigenvalue weighted by Crippen LogP contribution is 2.07. The van der Waals surface area contributed by atoms with Gasteiger partial charge in [0, 0.05) is 6.20 Å². The number of nitrogens with zero attached hydrogens (tertiary/aromatic N) is 1. The van der Waals surface area contributed by atoms with Crippen LogP contribution in [0.2, 0.25) is 0 Å². The quantitative estimate of drug-likeness (QED) is 0.588. The van der Waals surface area contributed by atoms with Crippen molar-refractivity contribution in [3.63, 3.8) is 0 Å². The molecule has 0 aliphatic heterocycles. The zero-order valence-electron chi connectivity index (χ0n) is 5.78. The predicted octanol–water partition coefficient (Wildman–Crippen LogP) is 1.05. The van der Waals surface area contributed by atoms with Crippen LogP contribution in [-0.2, 0) is 9.90 Å². The molecule has 55 valence electrons. The summed E-state index contributed by atoms with van der Waals surface area (Å²) in [5.74, 6) is -1.29. The molecule has 0 amide bonds. The monoisotopic (exact) mass is 148 g/mol. The summed E-state index contributed by atoms with van der Waals surface area (Å²) >= 11 is 0. The summed E-state index contributed by atoms with van der Waals surface area (Å²) in [5.41, 5.74) is 0.248. The molecular weight excluding hydrogens is 142 g/mol. The first kappa shape index (κ1) is 7.47. The van der Waals surface area contributed by atoms with Crippen LogP contribution in [-0.4, -0.2) is 11.0 Å². The topological polar surface area (TPSA) is 49.9 Å². The first-order valence-corrected chi connectivity index (χ1v) is 3.03. The number of hydrogen-bond acceptors (Lipinski definition) is 2. The lowest BCUT2D eigenvalue weighted by atomic mass is 10.2. The van der Waals surface area contributed by atoms with Gasteiger partial charge in [-0.1, -0.05) is 12.6 Å². The summed E-state index contributed by atoms with van der Waals surface area (Å²) in [5, 5.41) is 10.2. The molecule has 3 heteroatoms. The van der Waals surface area contributed by atoms with Crippen LogP contribution < -0.4 is 0 Å². The van der Waals surface area contributed by atoms with E-state index >= 15 is 0 Å². The molecule has 0 aromatic carbocycles. The number of hydrogen-bond donors (Lipinski definition) is 0. The highest BCUT2D eigenvalue weighted by Gasteiger charge is 2.08. The van der Waals surface area contributed by atoms with E-state index in [-0.39, 0.29) is 5.57 Å². The van der Waals surface area contributed by atoms with Gasteiger partial charge in [-0.2, -0.15) is 0 Å². The lowest BCUT2D eigenvalue weighted by Crippen LogP contribution is -1.97. The third-order valence-electron chi connectivity index (χ3n) is 1.22. The van der Waals surface area contributed by atoms with Crippen molar-refractivity contribution < 1.29 is 9.90 Å². The maximum atomic E-state index is 10.2. The van der Waals surface area contributed by atoms with Crippen molar-refractivity contribution >= 4 is 11.5 Å². The lowest BCUT2D eigenvalue weighted by Gasteiger charge is -1.94. The van der Waals surface area contributed by atoms with Crippen molar-refractivity contribution in [3.05, 3.63) is 36.7 Å². The summed E-state index contributed by atoms with van der Waals surface area (Å²) < 4.78 is 0. The first-order chi connectivity index (χ1) is 5.22. The summed E-state index contributed by atoms with van der Waals surface area (Å²) in [6.07, 6.45) is 1.50. The van der Waals surface area contributed by atoms with Gasteiger partial charge in [-0.25, -0.2) is 9.90 Å². The number of carbonyl (C=O) groups excluding carboxylic acids is 1. The lowest BCUT2D eigenvalue weighted by molar-refractivity contribution is -0.136. The van der Waals surface area contributed by atoms with Gasteiger partial charge in [0.2, 0.25) is 0 Å². The minimum absolute atomic E-state index is 0.0920. The molecule has 1 heterocycles. The molecule has 0 aliphatic rings. The second-order valence-electron chi connectivity index (χ2n) is 1.98. The van der Waals surface area contributed by atoms with Gasteiger partial charge in [-0.05, 0) is 12.1 Å². The molecule has 0 spiro atoms. The van der Waals surface area contributed by atoms with Crippen LogP contribution in [0.1, 0.15) is 5.69 Å². The maximum absolute atomic E-state index is 10.2. The summed E-state index contributed by atoms with van der Waals surface area (Å²) in [6, 6.07) is 4.96. The standard InChI is InChI=1S/C8H6NO2/c1-6(8(10)11)7-4-2-3-5-9-7/h2-5H,1H2. The Morgan fingerprint density at radius 3 is 2.64 bits per heavy atom. The van der Waals surface area contributed by atoms with E-state index < -0.39 is 5.97 Å². The third kappa shape index (κ3) is 1.64. The Kier molecular flexibility index (Phi) is 2.01. The maximum Gasteiger partial charge on any atom is 0.387 e. The van der Waals surface area contributed by atoms with Crippen molar-refractivity contribution in [2.75, 3.05) is 0 Å². The second kappa shape index (κ2) is 2.96. The van der Waals surface area contributed by atoms with Crippen LogP contribution in [0.5, 0.6) is 0 Å². The van der Waals surface area contributed by atoms with Gasteiger partial charge in [-0.3, -0.25) is 4.98 Å². The zero-order chi connectivity index (χ0) is 8.27. The number of aromatic nitrogens is 1. The van der Waals surface area contributed by atoms with Crippen LogP contribution in [0.4, 0.5) is 0 Å². The second-order valence-corrected chi connectivity index (χ2v) is 1.98. The fraction of sp³-hybridized carbons (Fsp3) is 0. The summed E-state index contributed by atoms with van der Waals surface area (Å²) in [7, 11) is 0. The molecule has 1 rings (SSSR count). The molecule has 0 saturated heterocycles. The Bertz CT molecular complexity index is 279. The Hall–Kier alpha value is -1.64. The van der Waals surface area contributed by atoms with Crippen LogP contribution >= 0.6 is 0 Å². The molecule has 0 bridgehead atoms. The van der Waals surface area contributed by atoms with E-state index in [4.69, 9.17) is 0 Å². The van der Waals surface area contributed by atoms with Crippen LogP contribution in [0.15, 0.2) is 31.0 Å². The summed E-state index contributed by atoms with van der Waals surface area (Å²) in [6.45, 7) is 3.30. The Morgan fingerprint density at radius 2 is 2.18 bits per heavy atom. The van der Waals surface area contributed by atoms with E-state index in [1.807, 2.05) is 0 Å². The molecule has 1 aromatic rings. The average Bonchev–Trinajstić information content (AvgIpc) is 2.05. The molecule has 0 N–H and O–H groups in total. The predicted molar refractivity (Wildman–Crippen MR) is 39.0 cm³/mol. The molecule has 11 heavy (non-hydrogen) atoms. The average molecular weight is 148 g/mol. The van der Waals surface area contributed by atoms with Gasteiger partial charge in [0.05, 0.1) is 11.3 Å². The van der Waals surface area contributed by atoms with Gasteiger partial charge in [0.1, 0.15) is 0 Å². The molecule has 3 nitrogen and oxygen atoms in total. The van der Waals surface area contributed by atoms with E-state index in [1.165, 1.54) is 6.20 Å². The van der Waals surface area contributed by atoms with Gasteiger partial charge in [0.25, 0.3) is 0 Å². The van der Waals surface area contributed by atoms with Gasteiger partial charge >= 0.3 is 5.97 Å². The molecule has 1 aromatic heterocycles. The van der Waals surface area contributed by atoms with Crippen molar-refractivity contribution in [1.82, 2.24) is 4.98 Å². The van der Waals surface area contributed by atoms with E-state index in [0.717, 1.165) is 0 Å². The zero-order valence-corrected chi connectivity index (χ0v) is 5.78. The highest BCUT2D eigenvalue weighted by molar-refractivity contribution is 6.13. The third-order valence-corrected chi connectivity index (χ3v) is 1.22. The van der Waals surface area contributed by atoms with Crippen molar-refractivity contribution in [2.24, 2.45) is 0 Å². The van der Waals surface area contributed by atoms with E-state index in [0.29, 0.717) is 5.69 Å². The van der Waals surface area contributed by atoms with Crippen molar-refractivity contribution in [1.29, 1.82) is 0 Å². The molecule has 0 fully saturated rings. The fourth-order valence-corrected chi connectivity index (χ4v) is 0.646. The minimum Gasteiger partial charge on any atom is -0.256 e. The van der Waals surface area contributed by atoms with Crippen molar-refractivity contribution in [2.45, 2.75) is 0 Å². The highest BCUT2D eigenvalue weighted by atomic mass is 16.4. The minimum atomic E-state index is -1.29. The van der Waals surface area contributed by atoms with Crippen LogP contribution in [0, 0.1) is 0 Å². The SMILES string of the molecule is C=C(C([O])=O)c1ccccn1. The Labute approximate surface area is 64.0 Å². The van der Waals surface area contributed by atoms with Gasteiger partial charge < -0.3 is 0 Å². The molecule has 1 radical (unpaired) electrons. The normalized spacial score (nSPS) is 9.09. The molecule has 0 atom stereocenters. The van der Waals surface area contributed by atoms with E-state index in [1.54, 1.807) is 18.2 Å². The molecule has 0 aliphatic carbocycles. The summed E-state index contributed by atoms with van der Waals surface area (Å²) in [4.78, 5) is 14.0. The fourth-order valence-electron chi connectivity index (χ4n) is 0.646. The molecule has 0 unspecified atom stereocenters. The first-order valence-electron chi connectivity index (χ1n) is 3.03. The van der Waals surface area contributed by atoms with E-state index in [9.17, 15) is 9.90 Å². The Balaban J connectivity index is 2.95. The smallest absolute Gasteiger partial charge is 0.256 e. The van der Waals surface area contributed by atoms with Crippen LogP contribution in [0.25, 0.3) is 5.57 Å². The molecule has 0 saturated carbocycles. The number of carbonyl (C=O) groups is 1. The van der Waals surface area contributed by atoms with Crippen molar-refractivity contribution in [3.8, 4) is 0 Å². The number of pyridine rings is 1. The van der Waals surface area contributed by atoms with E-state index in [2.05, 4.69) is 11.6 Å². The van der Waals surface area contributed by atoms with Gasteiger partial charge in [-0.15, -0.1) is 0 Å². The van der Waals surface area contributed by atoms with Gasteiger partial charge in [0.15, 0.2) is 0 Å². The number of rotatable bonds is 2. The van der Waals surface area contributed by atoms with Crippen LogP contribution in [0.3, 0.4) is 0 Å². The largest absolute Gasteiger partial charge is 0.387 e. The Morgan fingerprint density at radius 1 is 1.45 bits per heavy atom. The molecular formula is C8H6NO2.